The van der Waals surface area contributed by atoms with Crippen molar-refractivity contribution in [2.45, 2.75) is 57.9 Å². The molecule has 6 N–H and O–H groups in total. The highest BCUT2D eigenvalue weighted by atomic mass is 35.5. The van der Waals surface area contributed by atoms with Crippen LogP contribution in [0.5, 0.6) is 0 Å². The number of aldehydes is 1. The SMILES string of the molecule is C=O.CCC(C)(/C=C\C(=C/N)OC)NCOC.CNCC1CCCCC1.Nc1ccc(C=O)cc1Cl. The summed E-state index contributed by atoms with van der Waals surface area (Å²) in [5.41, 5.74) is 11.7. The molecule has 1 atom stereocenters. The average Bonchev–Trinajstić information content (AvgIpc) is 2.92. The Kier molecular flexibility index (Phi) is 22.9. The number of ether oxygens (including phenoxy) is 2. The minimum atomic E-state index is -0.108. The number of nitrogens with two attached hydrogens (primary N) is 2. The number of allylic oxidation sites excluding steroid dienone is 1. The molecule has 0 radical (unpaired) electrons. The van der Waals surface area contributed by atoms with E-state index in [0.29, 0.717) is 28.8 Å². The van der Waals surface area contributed by atoms with Crippen LogP contribution >= 0.6 is 11.6 Å². The summed E-state index contributed by atoms with van der Waals surface area (Å²) < 4.78 is 10.0. The van der Waals surface area contributed by atoms with Crippen molar-refractivity contribution in [2.24, 2.45) is 11.7 Å². The second-order valence-corrected chi connectivity index (χ2v) is 8.86. The van der Waals surface area contributed by atoms with Crippen LogP contribution in [0.25, 0.3) is 0 Å². The van der Waals surface area contributed by atoms with Crippen LogP contribution in [0.4, 0.5) is 5.69 Å². The fourth-order valence-corrected chi connectivity index (χ4v) is 3.48. The Balaban J connectivity index is 0. The number of carbonyl (C=O) groups excluding carboxylic acids is 2. The molecule has 0 heterocycles. The van der Waals surface area contributed by atoms with Gasteiger partial charge in [-0.1, -0.05) is 43.9 Å². The normalized spacial score (nSPS) is 15.2. The van der Waals surface area contributed by atoms with Crippen molar-refractivity contribution in [2.75, 3.05) is 40.3 Å². The summed E-state index contributed by atoms with van der Waals surface area (Å²) in [6.45, 7) is 7.95. The van der Waals surface area contributed by atoms with Gasteiger partial charge in [0.25, 0.3) is 0 Å². The Morgan fingerprint density at radius 2 is 1.89 bits per heavy atom. The van der Waals surface area contributed by atoms with Crippen molar-refractivity contribution < 1.29 is 19.1 Å². The number of methoxy groups -OCH3 is 2. The minimum Gasteiger partial charge on any atom is -0.495 e. The number of hydrogen-bond donors (Lipinski definition) is 4. The van der Waals surface area contributed by atoms with E-state index in [4.69, 9.17) is 37.3 Å². The van der Waals surface area contributed by atoms with Gasteiger partial charge in [-0.25, -0.2) is 0 Å². The van der Waals surface area contributed by atoms with Gasteiger partial charge >= 0.3 is 0 Å². The van der Waals surface area contributed by atoms with Crippen LogP contribution in [0.3, 0.4) is 0 Å². The predicted molar refractivity (Wildman–Crippen MR) is 151 cm³/mol. The van der Waals surface area contributed by atoms with Crippen molar-refractivity contribution in [3.63, 3.8) is 0 Å². The summed E-state index contributed by atoms with van der Waals surface area (Å²) in [4.78, 5) is 18.2. The van der Waals surface area contributed by atoms with E-state index >= 15 is 0 Å². The topological polar surface area (TPSA) is 129 Å². The molecule has 0 saturated heterocycles. The van der Waals surface area contributed by atoms with Crippen LogP contribution in [-0.2, 0) is 14.3 Å². The van der Waals surface area contributed by atoms with Gasteiger partial charge in [0.15, 0.2) is 0 Å². The maximum Gasteiger partial charge on any atom is 0.150 e. The molecule has 2 rings (SSSR count). The maximum atomic E-state index is 10.2. The quantitative estimate of drug-likeness (QED) is 0.114. The molecular weight excluding hydrogens is 480 g/mol. The first kappa shape index (κ1) is 35.8. The zero-order valence-electron chi connectivity index (χ0n) is 22.6. The number of hydrogen-bond acceptors (Lipinski definition) is 8. The molecule has 8 nitrogen and oxygen atoms in total. The van der Waals surface area contributed by atoms with E-state index in [9.17, 15) is 4.79 Å². The highest BCUT2D eigenvalue weighted by molar-refractivity contribution is 6.33. The van der Waals surface area contributed by atoms with Crippen LogP contribution in [0.15, 0.2) is 42.3 Å². The first-order valence-electron chi connectivity index (χ1n) is 12.1. The predicted octanol–water partition coefficient (Wildman–Crippen LogP) is 4.69. The van der Waals surface area contributed by atoms with Gasteiger partial charge in [-0.15, -0.1) is 0 Å². The van der Waals surface area contributed by atoms with E-state index in [-0.39, 0.29) is 5.54 Å². The van der Waals surface area contributed by atoms with Gasteiger partial charge in [0.05, 0.1) is 24.6 Å². The molecule has 1 aromatic rings. The summed E-state index contributed by atoms with van der Waals surface area (Å²) in [5.74, 6) is 1.64. The molecule has 0 amide bonds. The van der Waals surface area contributed by atoms with E-state index in [1.165, 1.54) is 50.9 Å². The van der Waals surface area contributed by atoms with Gasteiger partial charge in [-0.2, -0.15) is 0 Å². The highest BCUT2D eigenvalue weighted by Gasteiger charge is 2.16. The fourth-order valence-electron chi connectivity index (χ4n) is 3.29. The highest BCUT2D eigenvalue weighted by Crippen LogP contribution is 2.22. The van der Waals surface area contributed by atoms with E-state index in [2.05, 4.69) is 31.5 Å². The van der Waals surface area contributed by atoms with Gasteiger partial charge in [0.1, 0.15) is 18.8 Å². The first-order chi connectivity index (χ1) is 17.3. The zero-order valence-corrected chi connectivity index (χ0v) is 23.4. The number of benzene rings is 1. The second-order valence-electron chi connectivity index (χ2n) is 8.45. The first-order valence-corrected chi connectivity index (χ1v) is 12.5. The van der Waals surface area contributed by atoms with Crippen molar-refractivity contribution >= 4 is 30.4 Å². The third-order valence-electron chi connectivity index (χ3n) is 5.75. The third-order valence-corrected chi connectivity index (χ3v) is 6.08. The fraction of sp³-hybridized carbons (Fsp3) is 0.556. The number of nitrogen functional groups attached to an aromatic ring is 1. The second kappa shape index (κ2) is 23.0. The lowest BCUT2D eigenvalue weighted by Gasteiger charge is -2.25. The summed E-state index contributed by atoms with van der Waals surface area (Å²) >= 11 is 5.61. The molecule has 36 heavy (non-hydrogen) atoms. The van der Waals surface area contributed by atoms with Gasteiger partial charge < -0.3 is 31.1 Å². The molecule has 1 aromatic carbocycles. The van der Waals surface area contributed by atoms with Crippen molar-refractivity contribution in [1.82, 2.24) is 10.6 Å². The monoisotopic (exact) mass is 526 g/mol. The Labute approximate surface area is 222 Å². The lowest BCUT2D eigenvalue weighted by molar-refractivity contribution is -0.0980. The summed E-state index contributed by atoms with van der Waals surface area (Å²) in [5, 5.41) is 6.92. The number of anilines is 1. The van der Waals surface area contributed by atoms with E-state index < -0.39 is 0 Å². The van der Waals surface area contributed by atoms with E-state index in [1.54, 1.807) is 26.4 Å². The minimum absolute atomic E-state index is 0.108. The van der Waals surface area contributed by atoms with E-state index in [1.807, 2.05) is 18.9 Å². The van der Waals surface area contributed by atoms with E-state index in [0.717, 1.165) is 18.6 Å². The van der Waals surface area contributed by atoms with Crippen molar-refractivity contribution in [1.29, 1.82) is 0 Å². The lowest BCUT2D eigenvalue weighted by atomic mass is 9.89. The molecule has 0 aliphatic heterocycles. The lowest BCUT2D eigenvalue weighted by Crippen LogP contribution is -2.40. The summed E-state index contributed by atoms with van der Waals surface area (Å²) in [6.07, 6.45) is 14.3. The molecule has 0 bridgehead atoms. The molecule has 0 aromatic heterocycles. The molecule has 1 fully saturated rings. The zero-order chi connectivity index (χ0) is 27.8. The largest absolute Gasteiger partial charge is 0.495 e. The maximum absolute atomic E-state index is 10.2. The molecule has 0 spiro atoms. The number of carbonyl (C=O) groups is 2. The van der Waals surface area contributed by atoms with Crippen LogP contribution in [-0.4, -0.2) is 53.2 Å². The molecule has 1 unspecified atom stereocenters. The van der Waals surface area contributed by atoms with Crippen molar-refractivity contribution in [3.8, 4) is 0 Å². The third kappa shape index (κ3) is 17.1. The Bertz CT molecular complexity index is 753. The van der Waals surface area contributed by atoms with Crippen LogP contribution < -0.4 is 22.1 Å². The molecule has 1 saturated carbocycles. The number of halogens is 1. The summed E-state index contributed by atoms with van der Waals surface area (Å²) in [7, 11) is 5.30. The van der Waals surface area contributed by atoms with Crippen LogP contribution in [0.1, 0.15) is 62.7 Å². The average molecular weight is 527 g/mol. The van der Waals surface area contributed by atoms with Gasteiger partial charge in [-0.05, 0) is 70.0 Å². The molecule has 206 valence electrons. The Morgan fingerprint density at radius 3 is 2.33 bits per heavy atom. The van der Waals surface area contributed by atoms with Gasteiger partial charge in [0.2, 0.25) is 0 Å². The summed E-state index contributed by atoms with van der Waals surface area (Å²) in [6, 6.07) is 4.75. The Hall–Kier alpha value is -2.39. The van der Waals surface area contributed by atoms with Crippen LogP contribution in [0, 0.1) is 5.92 Å². The smallest absolute Gasteiger partial charge is 0.150 e. The number of rotatable bonds is 10. The van der Waals surface area contributed by atoms with Crippen LogP contribution in [0.2, 0.25) is 5.02 Å². The molecule has 9 heteroatoms. The molecule has 1 aliphatic rings. The van der Waals surface area contributed by atoms with Gasteiger partial charge in [-0.3, -0.25) is 10.1 Å². The van der Waals surface area contributed by atoms with Gasteiger partial charge in [0, 0.05) is 24.4 Å². The molecule has 1 aliphatic carbocycles. The van der Waals surface area contributed by atoms with Crippen molar-refractivity contribution in [3.05, 3.63) is 52.9 Å². The standard InChI is InChI=1S/C11H22N2O2.C8H17N.C7H6ClNO.CH2O/c1-5-11(2,13-9-14-3)7-6-10(8-12)15-4;1-9-7-8-5-3-2-4-6-8;8-6-3-5(4-10)1-2-7(6)9;1-2/h6-8,13H,5,9,12H2,1-4H3;8-9H,2-7H2,1H3;1-4H,9H2;1H2/b7-6-,10-8+;;;. The Morgan fingerprint density at radius 1 is 1.25 bits per heavy atom. The number of nitrogens with one attached hydrogen (secondary N) is 2. The molecular formula is C27H47ClN4O4.